The quantitative estimate of drug-likeness (QED) is 0.347. The highest BCUT2D eigenvalue weighted by Crippen LogP contribution is 2.43. The average molecular weight is 433 g/mol. The van der Waals surface area contributed by atoms with Gasteiger partial charge in [0, 0.05) is 5.69 Å². The molecule has 3 aromatic rings. The van der Waals surface area contributed by atoms with Gasteiger partial charge in [0.05, 0.1) is 30.9 Å². The standard InChI is InChI=1S/C24H19NO7/c1-31-17-6-3-2-5-16(17)22(28)20-21(18-7-4-12-32-18)25(24(30)23(20)29)15-10-8-14(9-11-15)13-19(26)27/h2-12,21,28H,13H2,1H3,(H,26,27)/b22-20-. The fraction of sp³-hybridized carbons (Fsp3) is 0.125. The number of carboxylic acids is 1. The summed E-state index contributed by atoms with van der Waals surface area (Å²) in [5, 5.41) is 20.1. The number of carbonyl (C=O) groups excluding carboxylic acids is 2. The number of aliphatic hydroxyl groups is 1. The van der Waals surface area contributed by atoms with Gasteiger partial charge >= 0.3 is 5.97 Å². The molecule has 0 bridgehead atoms. The number of ketones is 1. The zero-order valence-electron chi connectivity index (χ0n) is 17.0. The van der Waals surface area contributed by atoms with E-state index in [-0.39, 0.29) is 29.1 Å². The minimum atomic E-state index is -1.01. The number of furan rings is 1. The van der Waals surface area contributed by atoms with E-state index < -0.39 is 23.7 Å². The molecule has 8 nitrogen and oxygen atoms in total. The molecular formula is C24H19NO7. The summed E-state index contributed by atoms with van der Waals surface area (Å²) in [4.78, 5) is 38.3. The van der Waals surface area contributed by atoms with E-state index >= 15 is 0 Å². The molecule has 1 amide bonds. The second-order valence-electron chi connectivity index (χ2n) is 7.12. The molecule has 1 aliphatic heterocycles. The molecule has 1 aromatic heterocycles. The third-order valence-electron chi connectivity index (χ3n) is 5.19. The largest absolute Gasteiger partial charge is 0.507 e. The van der Waals surface area contributed by atoms with Crippen LogP contribution in [0.4, 0.5) is 5.69 Å². The lowest BCUT2D eigenvalue weighted by Crippen LogP contribution is -2.29. The highest BCUT2D eigenvalue weighted by molar-refractivity contribution is 6.51. The molecule has 0 aliphatic carbocycles. The molecule has 2 N–H and O–H groups in total. The molecule has 2 aromatic carbocycles. The lowest BCUT2D eigenvalue weighted by molar-refractivity contribution is -0.136. The number of carbonyl (C=O) groups is 3. The first-order valence-corrected chi connectivity index (χ1v) is 9.71. The van der Waals surface area contributed by atoms with Crippen LogP contribution in [0.15, 0.2) is 76.9 Å². The predicted molar refractivity (Wildman–Crippen MR) is 114 cm³/mol. The summed E-state index contributed by atoms with van der Waals surface area (Å²) in [6, 6.07) is 15.1. The molecule has 1 atom stereocenters. The molecule has 162 valence electrons. The van der Waals surface area contributed by atoms with Crippen LogP contribution >= 0.6 is 0 Å². The lowest BCUT2D eigenvalue weighted by atomic mass is 9.98. The molecule has 0 saturated carbocycles. The van der Waals surface area contributed by atoms with Gasteiger partial charge in [0.1, 0.15) is 23.3 Å². The van der Waals surface area contributed by atoms with Crippen LogP contribution in [0.25, 0.3) is 5.76 Å². The van der Waals surface area contributed by atoms with Crippen LogP contribution in [-0.2, 0) is 20.8 Å². The van der Waals surface area contributed by atoms with Crippen LogP contribution in [0.5, 0.6) is 5.75 Å². The molecule has 32 heavy (non-hydrogen) atoms. The van der Waals surface area contributed by atoms with Crippen molar-refractivity contribution < 1.29 is 33.8 Å². The summed E-state index contributed by atoms with van der Waals surface area (Å²) in [6.07, 6.45) is 1.24. The van der Waals surface area contributed by atoms with Crippen molar-refractivity contribution in [3.63, 3.8) is 0 Å². The number of aliphatic carboxylic acids is 1. The molecule has 0 spiro atoms. The first-order chi connectivity index (χ1) is 15.4. The number of carboxylic acid groups (broad SMARTS) is 1. The monoisotopic (exact) mass is 433 g/mol. The number of hydrogen-bond acceptors (Lipinski definition) is 6. The maximum absolute atomic E-state index is 13.1. The van der Waals surface area contributed by atoms with Crippen molar-refractivity contribution >= 4 is 29.1 Å². The highest BCUT2D eigenvalue weighted by atomic mass is 16.5. The van der Waals surface area contributed by atoms with Crippen molar-refractivity contribution in [3.05, 3.63) is 89.4 Å². The Morgan fingerprint density at radius 1 is 1.03 bits per heavy atom. The number of aliphatic hydroxyl groups excluding tert-OH is 1. The molecule has 1 unspecified atom stereocenters. The Balaban J connectivity index is 1.86. The topological polar surface area (TPSA) is 117 Å². The number of benzene rings is 2. The van der Waals surface area contributed by atoms with E-state index in [9.17, 15) is 19.5 Å². The van der Waals surface area contributed by atoms with Crippen LogP contribution in [-0.4, -0.2) is 35.0 Å². The van der Waals surface area contributed by atoms with Crippen molar-refractivity contribution in [2.45, 2.75) is 12.5 Å². The van der Waals surface area contributed by atoms with Crippen molar-refractivity contribution in [2.75, 3.05) is 12.0 Å². The summed E-state index contributed by atoms with van der Waals surface area (Å²) in [5.41, 5.74) is 1.04. The van der Waals surface area contributed by atoms with E-state index in [2.05, 4.69) is 0 Å². The van der Waals surface area contributed by atoms with E-state index in [0.717, 1.165) is 0 Å². The van der Waals surface area contributed by atoms with E-state index in [1.807, 2.05) is 0 Å². The van der Waals surface area contributed by atoms with Crippen LogP contribution < -0.4 is 9.64 Å². The minimum absolute atomic E-state index is 0.135. The van der Waals surface area contributed by atoms with Crippen LogP contribution in [0.3, 0.4) is 0 Å². The number of methoxy groups -OCH3 is 1. The van der Waals surface area contributed by atoms with Gasteiger partial charge in [0.25, 0.3) is 11.7 Å². The fourth-order valence-corrected chi connectivity index (χ4v) is 3.75. The second-order valence-corrected chi connectivity index (χ2v) is 7.12. The van der Waals surface area contributed by atoms with Crippen molar-refractivity contribution in [2.24, 2.45) is 0 Å². The molecular weight excluding hydrogens is 414 g/mol. The summed E-state index contributed by atoms with van der Waals surface area (Å²) in [7, 11) is 1.44. The maximum atomic E-state index is 13.1. The molecule has 8 heteroatoms. The Hall–Kier alpha value is -4.33. The van der Waals surface area contributed by atoms with Gasteiger partial charge in [0.2, 0.25) is 0 Å². The zero-order valence-corrected chi connectivity index (χ0v) is 17.0. The number of hydrogen-bond donors (Lipinski definition) is 2. The predicted octanol–water partition coefficient (Wildman–Crippen LogP) is 3.54. The van der Waals surface area contributed by atoms with Gasteiger partial charge in [-0.3, -0.25) is 19.3 Å². The number of amides is 1. The minimum Gasteiger partial charge on any atom is -0.507 e. The molecule has 2 heterocycles. The van der Waals surface area contributed by atoms with Crippen LogP contribution in [0, 0.1) is 0 Å². The van der Waals surface area contributed by atoms with Crippen molar-refractivity contribution in [1.82, 2.24) is 0 Å². The Morgan fingerprint density at radius 3 is 2.38 bits per heavy atom. The Kier molecular flexibility index (Phi) is 5.51. The first kappa shape index (κ1) is 20.9. The summed E-state index contributed by atoms with van der Waals surface area (Å²) in [6.45, 7) is 0. The molecule has 0 radical (unpaired) electrons. The van der Waals surface area contributed by atoms with Crippen LogP contribution in [0.2, 0.25) is 0 Å². The van der Waals surface area contributed by atoms with Crippen LogP contribution in [0.1, 0.15) is 22.9 Å². The van der Waals surface area contributed by atoms with Crippen molar-refractivity contribution in [1.29, 1.82) is 0 Å². The third kappa shape index (κ3) is 3.62. The van der Waals surface area contributed by atoms with Gasteiger partial charge in [-0.25, -0.2) is 0 Å². The van der Waals surface area contributed by atoms with E-state index in [1.54, 1.807) is 60.7 Å². The summed E-state index contributed by atoms with van der Waals surface area (Å²) < 4.78 is 10.8. The van der Waals surface area contributed by atoms with E-state index in [4.69, 9.17) is 14.3 Å². The molecule has 1 fully saturated rings. The van der Waals surface area contributed by atoms with Gasteiger partial charge in [-0.2, -0.15) is 0 Å². The maximum Gasteiger partial charge on any atom is 0.307 e. The normalized spacial score (nSPS) is 17.5. The summed E-state index contributed by atoms with van der Waals surface area (Å²) >= 11 is 0. The van der Waals surface area contributed by atoms with Crippen molar-refractivity contribution in [3.8, 4) is 5.75 Å². The van der Waals surface area contributed by atoms with Gasteiger partial charge in [0.15, 0.2) is 0 Å². The number of rotatable bonds is 6. The SMILES string of the molecule is COc1ccccc1/C(O)=C1/C(=O)C(=O)N(c2ccc(CC(=O)O)cc2)C1c1ccco1. The zero-order chi connectivity index (χ0) is 22.8. The van der Waals surface area contributed by atoms with E-state index in [1.165, 1.54) is 18.3 Å². The van der Waals surface area contributed by atoms with Gasteiger partial charge in [-0.1, -0.05) is 24.3 Å². The number of para-hydroxylation sites is 1. The van der Waals surface area contributed by atoms with E-state index in [0.29, 0.717) is 17.0 Å². The van der Waals surface area contributed by atoms with Gasteiger partial charge in [-0.05, 0) is 42.0 Å². The Morgan fingerprint density at radius 2 is 1.75 bits per heavy atom. The lowest BCUT2D eigenvalue weighted by Gasteiger charge is -2.23. The smallest absolute Gasteiger partial charge is 0.307 e. The molecule has 1 saturated heterocycles. The highest BCUT2D eigenvalue weighted by Gasteiger charge is 2.48. The molecule has 4 rings (SSSR count). The van der Waals surface area contributed by atoms with Gasteiger partial charge in [-0.15, -0.1) is 0 Å². The number of nitrogens with zero attached hydrogens (tertiary/aromatic N) is 1. The number of ether oxygens (including phenoxy) is 1. The Labute approximate surface area is 183 Å². The average Bonchev–Trinajstić information content (AvgIpc) is 3.41. The number of anilines is 1. The fourth-order valence-electron chi connectivity index (χ4n) is 3.75. The first-order valence-electron chi connectivity index (χ1n) is 9.71. The van der Waals surface area contributed by atoms with Gasteiger partial charge < -0.3 is 19.4 Å². The molecule has 1 aliphatic rings. The second kappa shape index (κ2) is 8.43. The number of Topliss-reactive ketones (excluding diaryl/α,β-unsaturated/α-hetero) is 1. The summed E-state index contributed by atoms with van der Waals surface area (Å²) in [5.74, 6) is -2.45. The Bertz CT molecular complexity index is 1210. The third-order valence-corrected chi connectivity index (χ3v) is 5.19.